The van der Waals surface area contributed by atoms with Crippen LogP contribution in [0.2, 0.25) is 0 Å². The van der Waals surface area contributed by atoms with E-state index < -0.39 is 0 Å². The van der Waals surface area contributed by atoms with Crippen LogP contribution in [0.25, 0.3) is 0 Å². The molecule has 0 aliphatic carbocycles. The third-order valence-electron chi connectivity index (χ3n) is 2.29. The Hall–Kier alpha value is -0.970. The summed E-state index contributed by atoms with van der Waals surface area (Å²) in [6, 6.07) is 0. The zero-order chi connectivity index (χ0) is 12.8. The van der Waals surface area contributed by atoms with E-state index in [1.165, 1.54) is 0 Å². The second-order valence-corrected chi connectivity index (χ2v) is 5.57. The first kappa shape index (κ1) is 14.1. The van der Waals surface area contributed by atoms with Crippen molar-refractivity contribution in [2.45, 2.75) is 39.4 Å². The molecule has 0 bridgehead atoms. The van der Waals surface area contributed by atoms with Gasteiger partial charge in [0.1, 0.15) is 11.6 Å². The summed E-state index contributed by atoms with van der Waals surface area (Å²) in [6.07, 6.45) is 1.59. The van der Waals surface area contributed by atoms with Gasteiger partial charge in [-0.1, -0.05) is 27.2 Å². The van der Waals surface area contributed by atoms with Gasteiger partial charge in [-0.05, 0) is 18.1 Å². The average Bonchev–Trinajstić information content (AvgIpc) is 2.23. The number of rotatable bonds is 6. The summed E-state index contributed by atoms with van der Waals surface area (Å²) < 4.78 is 0. The number of hydrogen-bond donors (Lipinski definition) is 2. The van der Waals surface area contributed by atoms with Gasteiger partial charge >= 0.3 is 0 Å². The fraction of sp³-hybridized carbons (Fsp3) is 0.667. The van der Waals surface area contributed by atoms with Crippen LogP contribution in [0.5, 0.6) is 0 Å². The lowest BCUT2D eigenvalue weighted by Crippen LogP contribution is -2.19. The Kier molecular flexibility index (Phi) is 5.55. The summed E-state index contributed by atoms with van der Waals surface area (Å²) in [5.41, 5.74) is 6.33. The van der Waals surface area contributed by atoms with Crippen molar-refractivity contribution in [2.24, 2.45) is 5.92 Å². The van der Waals surface area contributed by atoms with Crippen LogP contribution in [0.15, 0.2) is 4.79 Å². The summed E-state index contributed by atoms with van der Waals surface area (Å²) in [5, 5.41) is 0. The topological polar surface area (TPSA) is 71.8 Å². The molecule has 0 radical (unpaired) electrons. The van der Waals surface area contributed by atoms with E-state index in [2.05, 4.69) is 23.8 Å². The minimum atomic E-state index is -0.0838. The van der Waals surface area contributed by atoms with Crippen molar-refractivity contribution in [3.63, 3.8) is 0 Å². The van der Waals surface area contributed by atoms with Crippen molar-refractivity contribution in [3.8, 4) is 0 Å². The van der Waals surface area contributed by atoms with Gasteiger partial charge in [0.15, 0.2) is 0 Å². The molecule has 0 unspecified atom stereocenters. The number of hydrogen-bond acceptors (Lipinski definition) is 4. The number of H-pyrrole nitrogens is 1. The van der Waals surface area contributed by atoms with Crippen molar-refractivity contribution in [2.75, 3.05) is 11.5 Å². The maximum absolute atomic E-state index is 11.8. The van der Waals surface area contributed by atoms with Crippen LogP contribution in [0, 0.1) is 5.92 Å². The molecule has 1 rings (SSSR count). The maximum atomic E-state index is 11.8. The molecule has 0 fully saturated rings. The molecule has 5 heteroatoms. The Bertz CT molecular complexity index is 415. The van der Waals surface area contributed by atoms with Gasteiger partial charge in [-0.15, -0.1) is 0 Å². The van der Waals surface area contributed by atoms with Gasteiger partial charge in [-0.2, -0.15) is 11.8 Å². The van der Waals surface area contributed by atoms with E-state index in [4.69, 9.17) is 5.73 Å². The number of anilines is 1. The Labute approximate surface area is 106 Å². The van der Waals surface area contributed by atoms with Crippen molar-refractivity contribution >= 4 is 17.6 Å². The van der Waals surface area contributed by atoms with Gasteiger partial charge in [0.05, 0.1) is 11.3 Å². The normalized spacial score (nSPS) is 11.1. The Morgan fingerprint density at radius 2 is 2.18 bits per heavy atom. The van der Waals surface area contributed by atoms with Gasteiger partial charge in [-0.3, -0.25) is 4.79 Å². The summed E-state index contributed by atoms with van der Waals surface area (Å²) >= 11 is 1.76. The molecular weight excluding hydrogens is 234 g/mol. The minimum Gasteiger partial charge on any atom is -0.383 e. The SMILES string of the molecule is CCCc1c(N)nc(CSCC(C)C)[nH]c1=O. The van der Waals surface area contributed by atoms with Crippen LogP contribution in [0.1, 0.15) is 38.6 Å². The quantitative estimate of drug-likeness (QED) is 0.817. The lowest BCUT2D eigenvalue weighted by molar-refractivity contribution is 0.749. The molecule has 3 N–H and O–H groups in total. The van der Waals surface area contributed by atoms with Crippen molar-refractivity contribution < 1.29 is 0 Å². The largest absolute Gasteiger partial charge is 0.383 e. The number of nitrogen functional groups attached to an aromatic ring is 1. The summed E-state index contributed by atoms with van der Waals surface area (Å²) in [7, 11) is 0. The van der Waals surface area contributed by atoms with Crippen LogP contribution < -0.4 is 11.3 Å². The molecule has 4 nitrogen and oxygen atoms in total. The first-order chi connectivity index (χ1) is 8.04. The predicted octanol–water partition coefficient (Wildman–Crippen LogP) is 2.19. The zero-order valence-corrected chi connectivity index (χ0v) is 11.6. The minimum absolute atomic E-state index is 0.0838. The molecule has 0 aliphatic heterocycles. The molecule has 0 saturated heterocycles. The Morgan fingerprint density at radius 3 is 2.71 bits per heavy atom. The molecule has 0 aromatic carbocycles. The first-order valence-corrected chi connectivity index (χ1v) is 7.15. The van der Waals surface area contributed by atoms with E-state index in [0.717, 1.165) is 12.2 Å². The summed E-state index contributed by atoms with van der Waals surface area (Å²) in [4.78, 5) is 18.8. The van der Waals surface area contributed by atoms with E-state index in [1.54, 1.807) is 11.8 Å². The van der Waals surface area contributed by atoms with Gasteiger partial charge in [0.2, 0.25) is 0 Å². The van der Waals surface area contributed by atoms with Gasteiger partial charge in [-0.25, -0.2) is 4.98 Å². The summed E-state index contributed by atoms with van der Waals surface area (Å²) in [5.74, 6) is 3.47. The number of thioether (sulfide) groups is 1. The molecular formula is C12H21N3OS. The van der Waals surface area contributed by atoms with Crippen LogP contribution in [0.4, 0.5) is 5.82 Å². The van der Waals surface area contributed by atoms with E-state index in [0.29, 0.717) is 35.3 Å². The number of aromatic nitrogens is 2. The molecule has 1 aromatic heterocycles. The highest BCUT2D eigenvalue weighted by molar-refractivity contribution is 7.98. The molecule has 0 saturated carbocycles. The zero-order valence-electron chi connectivity index (χ0n) is 10.7. The monoisotopic (exact) mass is 255 g/mol. The van der Waals surface area contributed by atoms with Crippen LogP contribution in [0.3, 0.4) is 0 Å². The molecule has 96 valence electrons. The predicted molar refractivity (Wildman–Crippen MR) is 74.3 cm³/mol. The van der Waals surface area contributed by atoms with E-state index in [-0.39, 0.29) is 5.56 Å². The highest BCUT2D eigenvalue weighted by Gasteiger charge is 2.08. The molecule has 0 atom stereocenters. The van der Waals surface area contributed by atoms with E-state index in [1.807, 2.05) is 6.92 Å². The molecule has 0 spiro atoms. The molecule has 1 aromatic rings. The van der Waals surface area contributed by atoms with Crippen molar-refractivity contribution in [3.05, 3.63) is 21.7 Å². The fourth-order valence-electron chi connectivity index (χ4n) is 1.51. The Morgan fingerprint density at radius 1 is 1.47 bits per heavy atom. The van der Waals surface area contributed by atoms with Crippen LogP contribution in [-0.2, 0) is 12.2 Å². The summed E-state index contributed by atoms with van der Waals surface area (Å²) in [6.45, 7) is 6.36. The second-order valence-electron chi connectivity index (χ2n) is 4.54. The molecule has 1 heterocycles. The smallest absolute Gasteiger partial charge is 0.256 e. The van der Waals surface area contributed by atoms with Crippen LogP contribution >= 0.6 is 11.8 Å². The lowest BCUT2D eigenvalue weighted by Gasteiger charge is -2.07. The number of aromatic amines is 1. The van der Waals surface area contributed by atoms with Gasteiger partial charge in [0.25, 0.3) is 5.56 Å². The van der Waals surface area contributed by atoms with Gasteiger partial charge in [0, 0.05) is 0 Å². The van der Waals surface area contributed by atoms with Crippen molar-refractivity contribution in [1.29, 1.82) is 0 Å². The first-order valence-electron chi connectivity index (χ1n) is 5.99. The number of nitrogens with one attached hydrogen (secondary N) is 1. The second kappa shape index (κ2) is 6.69. The third-order valence-corrected chi connectivity index (χ3v) is 3.67. The average molecular weight is 255 g/mol. The molecule has 17 heavy (non-hydrogen) atoms. The van der Waals surface area contributed by atoms with Crippen molar-refractivity contribution in [1.82, 2.24) is 9.97 Å². The van der Waals surface area contributed by atoms with E-state index >= 15 is 0 Å². The molecule has 0 aliphatic rings. The lowest BCUT2D eigenvalue weighted by atomic mass is 10.2. The van der Waals surface area contributed by atoms with Crippen LogP contribution in [-0.4, -0.2) is 15.7 Å². The fourth-order valence-corrected chi connectivity index (χ4v) is 2.43. The Balaban J connectivity index is 2.73. The maximum Gasteiger partial charge on any atom is 0.256 e. The standard InChI is InChI=1S/C12H21N3OS/c1-4-5-9-11(13)14-10(15-12(9)16)7-17-6-8(2)3/h8H,4-7H2,1-3H3,(H3,13,14,15,16). The third kappa shape index (κ3) is 4.42. The number of nitrogens with two attached hydrogens (primary N) is 1. The van der Waals surface area contributed by atoms with E-state index in [9.17, 15) is 4.79 Å². The number of nitrogens with zero attached hydrogens (tertiary/aromatic N) is 1. The highest BCUT2D eigenvalue weighted by Crippen LogP contribution is 2.13. The highest BCUT2D eigenvalue weighted by atomic mass is 32.2. The van der Waals surface area contributed by atoms with Gasteiger partial charge < -0.3 is 10.7 Å². The molecule has 0 amide bonds.